The number of rotatable bonds is 3. The maximum absolute atomic E-state index is 12.7. The molecule has 122 valence electrons. The lowest BCUT2D eigenvalue weighted by Crippen LogP contribution is -2.23. The molecule has 0 fully saturated rings. The Kier molecular flexibility index (Phi) is 3.99. The molecule has 0 N–H and O–H groups in total. The minimum atomic E-state index is -0.0841. The Morgan fingerprint density at radius 2 is 1.88 bits per heavy atom. The molecule has 0 saturated heterocycles. The molecule has 2 heterocycles. The van der Waals surface area contributed by atoms with Crippen molar-refractivity contribution < 1.29 is 0 Å². The zero-order chi connectivity index (χ0) is 17.2. The van der Waals surface area contributed by atoms with Gasteiger partial charge in [-0.05, 0) is 24.6 Å². The molecular weight excluding hydrogens is 330 g/mol. The van der Waals surface area contributed by atoms with E-state index < -0.39 is 0 Å². The van der Waals surface area contributed by atoms with Gasteiger partial charge in [0.2, 0.25) is 4.96 Å². The van der Waals surface area contributed by atoms with Crippen LogP contribution in [0.5, 0.6) is 0 Å². The van der Waals surface area contributed by atoms with Gasteiger partial charge in [-0.3, -0.25) is 4.79 Å². The highest BCUT2D eigenvalue weighted by molar-refractivity contribution is 7.15. The van der Waals surface area contributed by atoms with Gasteiger partial charge in [-0.25, -0.2) is 4.40 Å². The fourth-order valence-electron chi connectivity index (χ4n) is 2.66. The summed E-state index contributed by atoms with van der Waals surface area (Å²) in [6.07, 6.45) is 5.69. The van der Waals surface area contributed by atoms with Crippen molar-refractivity contribution in [3.8, 4) is 11.4 Å². The smallest absolute Gasteiger partial charge is 0.267 e. The van der Waals surface area contributed by atoms with E-state index in [9.17, 15) is 4.79 Å². The minimum Gasteiger partial charge on any atom is -0.267 e. The first-order valence-corrected chi connectivity index (χ1v) is 8.72. The van der Waals surface area contributed by atoms with Crippen molar-refractivity contribution in [3.05, 3.63) is 86.7 Å². The van der Waals surface area contributed by atoms with Crippen molar-refractivity contribution in [1.82, 2.24) is 14.6 Å². The van der Waals surface area contributed by atoms with Crippen LogP contribution in [0, 0.1) is 6.92 Å². The van der Waals surface area contributed by atoms with Crippen LogP contribution in [-0.4, -0.2) is 14.6 Å². The van der Waals surface area contributed by atoms with Crippen LogP contribution in [0.15, 0.2) is 65.5 Å². The van der Waals surface area contributed by atoms with E-state index in [0.717, 1.165) is 16.7 Å². The third-order valence-electron chi connectivity index (χ3n) is 3.86. The number of allylic oxidation sites excluding steroid dienone is 1. The summed E-state index contributed by atoms with van der Waals surface area (Å²) in [5.41, 5.74) is 3.03. The number of aromatic nitrogens is 3. The predicted molar refractivity (Wildman–Crippen MR) is 102 cm³/mol. The summed E-state index contributed by atoms with van der Waals surface area (Å²) < 4.78 is 2.23. The van der Waals surface area contributed by atoms with Crippen LogP contribution in [-0.2, 0) is 0 Å². The van der Waals surface area contributed by atoms with Crippen LogP contribution in [0.4, 0.5) is 0 Å². The Labute approximate surface area is 148 Å². The van der Waals surface area contributed by atoms with Crippen molar-refractivity contribution in [2.75, 3.05) is 0 Å². The first-order valence-electron chi connectivity index (χ1n) is 7.91. The van der Waals surface area contributed by atoms with E-state index in [4.69, 9.17) is 0 Å². The van der Waals surface area contributed by atoms with Gasteiger partial charge < -0.3 is 0 Å². The summed E-state index contributed by atoms with van der Waals surface area (Å²) >= 11 is 1.35. The molecule has 2 aromatic carbocycles. The first-order chi connectivity index (χ1) is 12.2. The van der Waals surface area contributed by atoms with E-state index in [1.807, 2.05) is 79.7 Å². The summed E-state index contributed by atoms with van der Waals surface area (Å²) in [4.78, 5) is 13.4. The Bertz CT molecular complexity index is 1170. The van der Waals surface area contributed by atoms with E-state index in [1.165, 1.54) is 11.3 Å². The number of benzene rings is 2. The molecule has 0 aliphatic carbocycles. The number of hydrogen-bond acceptors (Lipinski definition) is 4. The molecule has 4 aromatic rings. The van der Waals surface area contributed by atoms with Crippen molar-refractivity contribution in [1.29, 1.82) is 0 Å². The van der Waals surface area contributed by atoms with E-state index in [2.05, 4.69) is 10.2 Å². The zero-order valence-electron chi connectivity index (χ0n) is 13.6. The molecule has 4 nitrogen and oxygen atoms in total. The Balaban J connectivity index is 1.78. The maximum Gasteiger partial charge on any atom is 0.276 e. The average molecular weight is 345 g/mol. The summed E-state index contributed by atoms with van der Waals surface area (Å²) in [5.74, 6) is 0.589. The predicted octanol–water partition coefficient (Wildman–Crippen LogP) is 3.34. The summed E-state index contributed by atoms with van der Waals surface area (Å²) in [5, 5.41) is 8.35. The van der Waals surface area contributed by atoms with Gasteiger partial charge in [-0.15, -0.1) is 10.2 Å². The van der Waals surface area contributed by atoms with Crippen LogP contribution in [0.2, 0.25) is 0 Å². The second-order valence-corrected chi connectivity index (χ2v) is 6.73. The lowest BCUT2D eigenvalue weighted by atomic mass is 10.1. The molecule has 0 amide bonds. The van der Waals surface area contributed by atoms with Gasteiger partial charge in [0.05, 0.1) is 4.53 Å². The monoisotopic (exact) mass is 345 g/mol. The van der Waals surface area contributed by atoms with Crippen molar-refractivity contribution in [2.24, 2.45) is 0 Å². The topological polar surface area (TPSA) is 47.3 Å². The number of thiazole rings is 1. The quantitative estimate of drug-likeness (QED) is 0.572. The average Bonchev–Trinajstić information content (AvgIpc) is 3.17. The Morgan fingerprint density at radius 1 is 1.04 bits per heavy atom. The molecule has 25 heavy (non-hydrogen) atoms. The molecule has 0 atom stereocenters. The van der Waals surface area contributed by atoms with Gasteiger partial charge in [0.25, 0.3) is 5.56 Å². The fraction of sp³-hybridized carbons (Fsp3) is 0.0500. The van der Waals surface area contributed by atoms with Gasteiger partial charge in [0, 0.05) is 5.56 Å². The summed E-state index contributed by atoms with van der Waals surface area (Å²) in [7, 11) is 0. The largest absolute Gasteiger partial charge is 0.276 e. The van der Waals surface area contributed by atoms with Crippen LogP contribution < -0.4 is 10.1 Å². The van der Waals surface area contributed by atoms with E-state index in [0.29, 0.717) is 15.3 Å². The number of aryl methyl sites for hydroxylation is 1. The normalized spacial score (nSPS) is 12.4. The lowest BCUT2D eigenvalue weighted by Gasteiger charge is -1.98. The molecule has 5 heteroatoms. The Morgan fingerprint density at radius 3 is 2.68 bits per heavy atom. The number of fused-ring (bicyclic) bond motifs is 1. The second kappa shape index (κ2) is 6.45. The van der Waals surface area contributed by atoms with Crippen LogP contribution in [0.1, 0.15) is 11.1 Å². The molecule has 0 spiro atoms. The lowest BCUT2D eigenvalue weighted by molar-refractivity contribution is 1.09. The third-order valence-corrected chi connectivity index (χ3v) is 4.84. The van der Waals surface area contributed by atoms with Gasteiger partial charge >= 0.3 is 0 Å². The van der Waals surface area contributed by atoms with Crippen molar-refractivity contribution >= 4 is 28.4 Å². The molecular formula is C20H15N3OS. The molecule has 0 bridgehead atoms. The molecule has 0 radical (unpaired) electrons. The standard InChI is InChI=1S/C20H15N3OS/c1-14-7-5-11-16(13-14)18-21-22-20-23(18)19(24)17(25-20)12-6-10-15-8-3-2-4-9-15/h2-13H,1H3/b10-6+,17-12-. The molecule has 0 unspecified atom stereocenters. The molecule has 0 aliphatic rings. The molecule has 2 aromatic heterocycles. The van der Waals surface area contributed by atoms with Crippen molar-refractivity contribution in [2.45, 2.75) is 6.92 Å². The highest BCUT2D eigenvalue weighted by Gasteiger charge is 2.13. The zero-order valence-corrected chi connectivity index (χ0v) is 14.4. The van der Waals surface area contributed by atoms with Gasteiger partial charge in [-0.2, -0.15) is 0 Å². The molecule has 4 rings (SSSR count). The fourth-order valence-corrected chi connectivity index (χ4v) is 3.52. The highest BCUT2D eigenvalue weighted by atomic mass is 32.1. The van der Waals surface area contributed by atoms with E-state index >= 15 is 0 Å². The van der Waals surface area contributed by atoms with Crippen LogP contribution >= 0.6 is 11.3 Å². The van der Waals surface area contributed by atoms with E-state index in [1.54, 1.807) is 4.40 Å². The first kappa shape index (κ1) is 15.5. The number of hydrogen-bond donors (Lipinski definition) is 0. The third kappa shape index (κ3) is 3.02. The Hall–Kier alpha value is -3.05. The molecule has 0 saturated carbocycles. The summed E-state index contributed by atoms with van der Waals surface area (Å²) in [6.45, 7) is 2.01. The summed E-state index contributed by atoms with van der Waals surface area (Å²) in [6, 6.07) is 17.9. The van der Waals surface area contributed by atoms with Crippen molar-refractivity contribution in [3.63, 3.8) is 0 Å². The minimum absolute atomic E-state index is 0.0841. The molecule has 0 aliphatic heterocycles. The number of nitrogens with zero attached hydrogens (tertiary/aromatic N) is 3. The maximum atomic E-state index is 12.7. The highest BCUT2D eigenvalue weighted by Crippen LogP contribution is 2.18. The van der Waals surface area contributed by atoms with Gasteiger partial charge in [0.15, 0.2) is 5.82 Å². The van der Waals surface area contributed by atoms with Gasteiger partial charge in [-0.1, -0.05) is 77.6 Å². The van der Waals surface area contributed by atoms with Crippen LogP contribution in [0.3, 0.4) is 0 Å². The van der Waals surface area contributed by atoms with Gasteiger partial charge in [0.1, 0.15) is 0 Å². The second-order valence-electron chi connectivity index (χ2n) is 5.72. The van der Waals surface area contributed by atoms with Crippen LogP contribution in [0.25, 0.3) is 28.5 Å². The van der Waals surface area contributed by atoms with E-state index in [-0.39, 0.29) is 5.56 Å². The SMILES string of the molecule is Cc1cccc(-c2nnc3s/c(=C\C=C\c4ccccc4)c(=O)n23)c1.